The number of hydrogen-bond donors (Lipinski definition) is 1. The summed E-state index contributed by atoms with van der Waals surface area (Å²) in [6, 6.07) is 5.66. The number of fused-ring (bicyclic) bond motifs is 1. The fourth-order valence-corrected chi connectivity index (χ4v) is 2.47. The molecule has 0 bridgehead atoms. The predicted octanol–water partition coefficient (Wildman–Crippen LogP) is 2.86. The first kappa shape index (κ1) is 16.4. The van der Waals surface area contributed by atoms with Crippen molar-refractivity contribution in [2.24, 2.45) is 0 Å². The number of carbonyl (C=O) groups excluding carboxylic acids is 1. The molecule has 0 aliphatic carbocycles. The van der Waals surface area contributed by atoms with Crippen molar-refractivity contribution in [1.29, 1.82) is 0 Å². The quantitative estimate of drug-likeness (QED) is 0.759. The first-order valence-electron chi connectivity index (χ1n) is 7.55. The SMILES string of the molecule is CCCc1c(CCCO)oc2c(OCC(=O)OC)cccc12. The van der Waals surface area contributed by atoms with Crippen molar-refractivity contribution in [1.82, 2.24) is 0 Å². The van der Waals surface area contributed by atoms with Crippen LogP contribution in [0.4, 0.5) is 0 Å². The second-order valence-corrected chi connectivity index (χ2v) is 5.08. The molecule has 0 saturated heterocycles. The van der Waals surface area contributed by atoms with Crippen LogP contribution >= 0.6 is 0 Å². The van der Waals surface area contributed by atoms with E-state index in [0.717, 1.165) is 29.6 Å². The zero-order valence-corrected chi connectivity index (χ0v) is 13.1. The van der Waals surface area contributed by atoms with Gasteiger partial charge >= 0.3 is 5.97 Å². The molecule has 1 N–H and O–H groups in total. The molecule has 0 radical (unpaired) electrons. The largest absolute Gasteiger partial charge is 0.478 e. The summed E-state index contributed by atoms with van der Waals surface area (Å²) in [7, 11) is 1.32. The van der Waals surface area contributed by atoms with Crippen molar-refractivity contribution in [2.45, 2.75) is 32.6 Å². The first-order chi connectivity index (χ1) is 10.7. The van der Waals surface area contributed by atoms with Gasteiger partial charge in [-0.25, -0.2) is 4.79 Å². The molecular formula is C17H22O5. The van der Waals surface area contributed by atoms with Gasteiger partial charge in [-0.15, -0.1) is 0 Å². The van der Waals surface area contributed by atoms with Gasteiger partial charge in [0.1, 0.15) is 5.76 Å². The maximum Gasteiger partial charge on any atom is 0.343 e. The van der Waals surface area contributed by atoms with Crippen molar-refractivity contribution in [2.75, 3.05) is 20.3 Å². The fraction of sp³-hybridized carbons (Fsp3) is 0.471. The number of benzene rings is 1. The van der Waals surface area contributed by atoms with Crippen LogP contribution in [0.15, 0.2) is 22.6 Å². The molecule has 1 aromatic carbocycles. The highest BCUT2D eigenvalue weighted by molar-refractivity contribution is 5.87. The Morgan fingerprint density at radius 2 is 2.14 bits per heavy atom. The molecule has 0 amide bonds. The van der Waals surface area contributed by atoms with Gasteiger partial charge in [-0.1, -0.05) is 25.5 Å². The Hall–Kier alpha value is -2.01. The number of carbonyl (C=O) groups is 1. The van der Waals surface area contributed by atoms with Gasteiger partial charge < -0.3 is 19.0 Å². The van der Waals surface area contributed by atoms with Crippen molar-refractivity contribution in [3.63, 3.8) is 0 Å². The Kier molecular flexibility index (Phi) is 5.83. The smallest absolute Gasteiger partial charge is 0.343 e. The minimum absolute atomic E-state index is 0.133. The lowest BCUT2D eigenvalue weighted by Crippen LogP contribution is -2.12. The summed E-state index contributed by atoms with van der Waals surface area (Å²) >= 11 is 0. The number of aryl methyl sites for hydroxylation is 2. The Bertz CT molecular complexity index is 629. The van der Waals surface area contributed by atoms with E-state index >= 15 is 0 Å². The van der Waals surface area contributed by atoms with Crippen LogP contribution in [0.2, 0.25) is 0 Å². The van der Waals surface area contributed by atoms with Gasteiger partial charge in [0, 0.05) is 24.0 Å². The van der Waals surface area contributed by atoms with Crippen molar-refractivity contribution in [3.8, 4) is 5.75 Å². The topological polar surface area (TPSA) is 68.9 Å². The summed E-state index contributed by atoms with van der Waals surface area (Å²) in [6.07, 6.45) is 3.27. The maximum absolute atomic E-state index is 11.2. The van der Waals surface area contributed by atoms with Crippen LogP contribution in [0.1, 0.15) is 31.1 Å². The Labute approximate surface area is 129 Å². The summed E-state index contributed by atoms with van der Waals surface area (Å²) < 4.78 is 16.1. The second-order valence-electron chi connectivity index (χ2n) is 5.08. The minimum Gasteiger partial charge on any atom is -0.478 e. The zero-order valence-electron chi connectivity index (χ0n) is 13.1. The number of esters is 1. The third-order valence-electron chi connectivity index (χ3n) is 3.50. The van der Waals surface area contributed by atoms with E-state index in [-0.39, 0.29) is 13.2 Å². The van der Waals surface area contributed by atoms with Crippen LogP contribution in [0, 0.1) is 0 Å². The van der Waals surface area contributed by atoms with Crippen LogP contribution in [0.25, 0.3) is 11.0 Å². The van der Waals surface area contributed by atoms with Crippen molar-refractivity contribution < 1.29 is 23.8 Å². The van der Waals surface area contributed by atoms with Crippen LogP contribution < -0.4 is 4.74 Å². The number of para-hydroxylation sites is 1. The molecule has 0 aliphatic heterocycles. The van der Waals surface area contributed by atoms with E-state index in [1.165, 1.54) is 7.11 Å². The summed E-state index contributed by atoms with van der Waals surface area (Å²) in [5, 5.41) is 10.0. The van der Waals surface area contributed by atoms with E-state index in [9.17, 15) is 4.79 Å². The minimum atomic E-state index is -0.433. The number of aliphatic hydroxyl groups is 1. The highest BCUT2D eigenvalue weighted by Gasteiger charge is 2.17. The predicted molar refractivity (Wildman–Crippen MR) is 83.1 cm³/mol. The number of furan rings is 1. The average Bonchev–Trinajstić information content (AvgIpc) is 2.89. The highest BCUT2D eigenvalue weighted by Crippen LogP contribution is 2.34. The molecule has 22 heavy (non-hydrogen) atoms. The van der Waals surface area contributed by atoms with Crippen LogP contribution in [-0.4, -0.2) is 31.4 Å². The van der Waals surface area contributed by atoms with Crippen LogP contribution in [-0.2, 0) is 22.4 Å². The molecule has 0 aliphatic rings. The molecule has 5 nitrogen and oxygen atoms in total. The molecule has 1 aromatic heterocycles. The third-order valence-corrected chi connectivity index (χ3v) is 3.50. The molecule has 0 spiro atoms. The van der Waals surface area contributed by atoms with Gasteiger partial charge in [0.05, 0.1) is 7.11 Å². The fourth-order valence-electron chi connectivity index (χ4n) is 2.47. The lowest BCUT2D eigenvalue weighted by Gasteiger charge is -2.05. The molecule has 120 valence electrons. The molecule has 0 fully saturated rings. The van der Waals surface area contributed by atoms with E-state index < -0.39 is 5.97 Å². The van der Waals surface area contributed by atoms with E-state index in [4.69, 9.17) is 14.3 Å². The van der Waals surface area contributed by atoms with Gasteiger partial charge in [-0.2, -0.15) is 0 Å². The van der Waals surface area contributed by atoms with E-state index in [1.54, 1.807) is 6.07 Å². The van der Waals surface area contributed by atoms with E-state index in [0.29, 0.717) is 24.2 Å². The number of rotatable bonds is 8. The first-order valence-corrected chi connectivity index (χ1v) is 7.55. The number of methoxy groups -OCH3 is 1. The van der Waals surface area contributed by atoms with Gasteiger partial charge in [0.2, 0.25) is 0 Å². The molecule has 2 rings (SSSR count). The van der Waals surface area contributed by atoms with Gasteiger partial charge in [-0.3, -0.25) is 0 Å². The molecular weight excluding hydrogens is 284 g/mol. The standard InChI is InChI=1S/C17H22O5/c1-3-6-12-13-7-4-8-15(21-11-16(19)20-2)17(13)22-14(12)9-5-10-18/h4,7-8,18H,3,5-6,9-11H2,1-2H3. The molecule has 5 heteroatoms. The summed E-state index contributed by atoms with van der Waals surface area (Å²) in [6.45, 7) is 2.10. The summed E-state index contributed by atoms with van der Waals surface area (Å²) in [5.41, 5.74) is 1.82. The normalized spacial score (nSPS) is 10.9. The Morgan fingerprint density at radius 3 is 2.82 bits per heavy atom. The molecule has 2 aromatic rings. The molecule has 1 heterocycles. The van der Waals surface area contributed by atoms with Gasteiger partial charge in [0.15, 0.2) is 17.9 Å². The number of ether oxygens (including phenoxy) is 2. The van der Waals surface area contributed by atoms with E-state index in [1.807, 2.05) is 12.1 Å². The third kappa shape index (κ3) is 3.60. The molecule has 0 unspecified atom stereocenters. The van der Waals surface area contributed by atoms with Crippen LogP contribution in [0.3, 0.4) is 0 Å². The number of hydrogen-bond acceptors (Lipinski definition) is 5. The van der Waals surface area contributed by atoms with E-state index in [2.05, 4.69) is 11.7 Å². The monoisotopic (exact) mass is 306 g/mol. The Morgan fingerprint density at radius 1 is 1.32 bits per heavy atom. The van der Waals surface area contributed by atoms with Crippen molar-refractivity contribution >= 4 is 16.9 Å². The molecule has 0 saturated carbocycles. The average molecular weight is 306 g/mol. The van der Waals surface area contributed by atoms with Crippen LogP contribution in [0.5, 0.6) is 5.75 Å². The highest BCUT2D eigenvalue weighted by atomic mass is 16.6. The zero-order chi connectivity index (χ0) is 15.9. The van der Waals surface area contributed by atoms with Crippen molar-refractivity contribution in [3.05, 3.63) is 29.5 Å². The lowest BCUT2D eigenvalue weighted by atomic mass is 10.0. The molecule has 0 atom stereocenters. The summed E-state index contributed by atoms with van der Waals surface area (Å²) in [5.74, 6) is 0.994. The van der Waals surface area contributed by atoms with Gasteiger partial charge in [0.25, 0.3) is 0 Å². The van der Waals surface area contributed by atoms with Gasteiger partial charge in [-0.05, 0) is 18.9 Å². The summed E-state index contributed by atoms with van der Waals surface area (Å²) in [4.78, 5) is 11.2. The Balaban J connectivity index is 2.36. The maximum atomic E-state index is 11.2. The lowest BCUT2D eigenvalue weighted by molar-refractivity contribution is -0.142. The second kappa shape index (κ2) is 7.84. The number of aliphatic hydroxyl groups excluding tert-OH is 1.